The number of thiazole rings is 1. The normalized spacial score (nSPS) is 16.6. The molecule has 36 heavy (non-hydrogen) atoms. The molecule has 2 heterocycles. The van der Waals surface area contributed by atoms with Crippen LogP contribution in [0.25, 0.3) is 11.8 Å². The van der Waals surface area contributed by atoms with E-state index in [-0.39, 0.29) is 11.6 Å². The maximum Gasteiger partial charge on any atom is 0.271 e. The smallest absolute Gasteiger partial charge is 0.271 e. The fraction of sp³-hybridized carbons (Fsp3) is 0.172. The number of benzene rings is 3. The summed E-state index contributed by atoms with van der Waals surface area (Å²) in [7, 11) is 3.30. The van der Waals surface area contributed by atoms with Crippen molar-refractivity contribution in [2.45, 2.75) is 18.9 Å². The van der Waals surface area contributed by atoms with Gasteiger partial charge in [0, 0.05) is 10.0 Å². The van der Waals surface area contributed by atoms with Crippen molar-refractivity contribution in [1.29, 1.82) is 0 Å². The Morgan fingerprint density at radius 2 is 1.81 bits per heavy atom. The first-order valence-corrected chi connectivity index (χ1v) is 13.3. The van der Waals surface area contributed by atoms with E-state index in [2.05, 4.69) is 46.3 Å². The molecule has 3 aromatic carbocycles. The van der Waals surface area contributed by atoms with Crippen molar-refractivity contribution >= 4 is 39.0 Å². The Balaban J connectivity index is 1.62. The molecule has 0 amide bonds. The predicted molar refractivity (Wildman–Crippen MR) is 146 cm³/mol. The Morgan fingerprint density at radius 3 is 2.64 bits per heavy atom. The van der Waals surface area contributed by atoms with Crippen LogP contribution in [0.2, 0.25) is 0 Å². The van der Waals surface area contributed by atoms with Crippen LogP contribution in [0, 0.1) is 0 Å². The molecule has 0 N–H and O–H groups in total. The van der Waals surface area contributed by atoms with Crippen molar-refractivity contribution in [3.63, 3.8) is 0 Å². The van der Waals surface area contributed by atoms with Crippen LogP contribution in [0.15, 0.2) is 86.6 Å². The molecule has 1 aliphatic carbocycles. The summed E-state index contributed by atoms with van der Waals surface area (Å²) in [5, 5.41) is 0. The first-order valence-electron chi connectivity index (χ1n) is 11.7. The van der Waals surface area contributed by atoms with Crippen LogP contribution in [0.1, 0.15) is 34.7 Å². The zero-order valence-electron chi connectivity index (χ0n) is 19.8. The van der Waals surface area contributed by atoms with Gasteiger partial charge in [0.25, 0.3) is 5.56 Å². The number of aromatic nitrogens is 1. The average molecular weight is 559 g/mol. The van der Waals surface area contributed by atoms with Crippen LogP contribution in [-0.4, -0.2) is 18.8 Å². The molecule has 5 nitrogen and oxygen atoms in total. The minimum absolute atomic E-state index is 0.0494. The number of fused-ring (bicyclic) bond motifs is 3. The van der Waals surface area contributed by atoms with Crippen molar-refractivity contribution in [3.8, 4) is 11.5 Å². The van der Waals surface area contributed by atoms with Crippen LogP contribution in [0.5, 0.6) is 11.5 Å². The number of rotatable bonds is 4. The van der Waals surface area contributed by atoms with Gasteiger partial charge < -0.3 is 9.47 Å². The van der Waals surface area contributed by atoms with E-state index in [4.69, 9.17) is 14.5 Å². The predicted octanol–water partition coefficient (Wildman–Crippen LogP) is 5.10. The highest BCUT2D eigenvalue weighted by molar-refractivity contribution is 9.10. The van der Waals surface area contributed by atoms with Gasteiger partial charge in [-0.3, -0.25) is 9.36 Å². The summed E-state index contributed by atoms with van der Waals surface area (Å²) in [5.41, 5.74) is 6.46. The minimum atomic E-state index is -0.240. The Labute approximate surface area is 220 Å². The van der Waals surface area contributed by atoms with Gasteiger partial charge in [-0.15, -0.1) is 0 Å². The first kappa shape index (κ1) is 23.0. The Morgan fingerprint density at radius 1 is 1.00 bits per heavy atom. The van der Waals surface area contributed by atoms with Gasteiger partial charge in [0.15, 0.2) is 4.80 Å². The molecule has 0 saturated heterocycles. The molecule has 1 atom stereocenters. The van der Waals surface area contributed by atoms with Crippen LogP contribution in [0.3, 0.4) is 0 Å². The van der Waals surface area contributed by atoms with Crippen molar-refractivity contribution in [3.05, 3.63) is 119 Å². The maximum atomic E-state index is 13.9. The van der Waals surface area contributed by atoms with Crippen LogP contribution in [-0.2, 0) is 6.42 Å². The molecule has 7 heteroatoms. The third kappa shape index (κ3) is 3.83. The van der Waals surface area contributed by atoms with E-state index in [1.807, 2.05) is 47.0 Å². The summed E-state index contributed by atoms with van der Waals surface area (Å²) in [5.74, 6) is 1.50. The molecule has 1 aliphatic heterocycles. The molecular formula is C29H23BrN2O3S. The Kier molecular flexibility index (Phi) is 5.90. The van der Waals surface area contributed by atoms with Crippen LogP contribution >= 0.6 is 27.3 Å². The highest BCUT2D eigenvalue weighted by Gasteiger charge is 2.32. The third-order valence-electron chi connectivity index (χ3n) is 6.77. The quantitative estimate of drug-likeness (QED) is 0.350. The standard InChI is InChI=1S/C29H23BrN2O3S/c1-34-20-8-5-7-18(14-20)27-23-12-10-17-6-3-4-9-22(17)26(23)31-29-32(27)28(33)25(36-29)16-19-15-21(35-2)11-13-24(19)30/h3-9,11,13-16,27H,10,12H2,1-2H3/b25-16+/t27-/m1/s1. The zero-order chi connectivity index (χ0) is 24.8. The number of hydrogen-bond acceptors (Lipinski definition) is 5. The van der Waals surface area contributed by atoms with Gasteiger partial charge in [-0.25, -0.2) is 4.99 Å². The highest BCUT2D eigenvalue weighted by Crippen LogP contribution is 2.41. The van der Waals surface area contributed by atoms with Gasteiger partial charge in [-0.1, -0.05) is 63.7 Å². The Bertz CT molecular complexity index is 1720. The van der Waals surface area contributed by atoms with Gasteiger partial charge in [-0.05, 0) is 71.5 Å². The van der Waals surface area contributed by atoms with Crippen LogP contribution in [0.4, 0.5) is 0 Å². The van der Waals surface area contributed by atoms with Gasteiger partial charge in [0.05, 0.1) is 30.5 Å². The molecule has 0 spiro atoms. The van der Waals surface area contributed by atoms with E-state index in [1.54, 1.807) is 14.2 Å². The molecule has 1 aromatic heterocycles. The number of halogens is 1. The van der Waals surface area contributed by atoms with Gasteiger partial charge in [0.2, 0.25) is 0 Å². The first-order chi connectivity index (χ1) is 17.6. The highest BCUT2D eigenvalue weighted by atomic mass is 79.9. The maximum absolute atomic E-state index is 13.9. The van der Waals surface area contributed by atoms with E-state index >= 15 is 0 Å². The molecule has 4 aromatic rings. The summed E-state index contributed by atoms with van der Waals surface area (Å²) in [6, 6.07) is 21.9. The summed E-state index contributed by atoms with van der Waals surface area (Å²) in [6.07, 6.45) is 3.69. The number of hydrogen-bond donors (Lipinski definition) is 0. The number of allylic oxidation sites excluding steroid dienone is 1. The second kappa shape index (κ2) is 9.22. The molecule has 2 aliphatic rings. The average Bonchev–Trinajstić information content (AvgIpc) is 3.22. The van der Waals surface area contributed by atoms with E-state index in [0.29, 0.717) is 9.33 Å². The van der Waals surface area contributed by atoms with Crippen molar-refractivity contribution in [2.24, 2.45) is 4.99 Å². The van der Waals surface area contributed by atoms with E-state index in [9.17, 15) is 4.79 Å². The van der Waals surface area contributed by atoms with Gasteiger partial charge >= 0.3 is 0 Å². The SMILES string of the molecule is COc1cccc([C@@H]2C3=C(N=c4s/c(=C/c5cc(OC)ccc5Br)c(=O)n42)c2ccccc2CC3)c1. The third-order valence-corrected chi connectivity index (χ3v) is 8.48. The Hall–Kier alpha value is -3.42. The van der Waals surface area contributed by atoms with E-state index in [1.165, 1.54) is 22.5 Å². The lowest BCUT2D eigenvalue weighted by molar-refractivity contribution is 0.413. The topological polar surface area (TPSA) is 52.8 Å². The minimum Gasteiger partial charge on any atom is -0.497 e. The molecule has 0 saturated carbocycles. The van der Waals surface area contributed by atoms with E-state index in [0.717, 1.165) is 51.2 Å². The monoisotopic (exact) mass is 558 g/mol. The largest absolute Gasteiger partial charge is 0.497 e. The zero-order valence-corrected chi connectivity index (χ0v) is 22.2. The van der Waals surface area contributed by atoms with Crippen molar-refractivity contribution < 1.29 is 9.47 Å². The van der Waals surface area contributed by atoms with E-state index < -0.39 is 0 Å². The van der Waals surface area contributed by atoms with Crippen LogP contribution < -0.4 is 24.4 Å². The molecule has 0 unspecified atom stereocenters. The lowest BCUT2D eigenvalue weighted by Crippen LogP contribution is -2.38. The summed E-state index contributed by atoms with van der Waals surface area (Å²) in [6.45, 7) is 0. The number of methoxy groups -OCH3 is 2. The lowest BCUT2D eigenvalue weighted by Gasteiger charge is -2.31. The second-order valence-corrected chi connectivity index (χ2v) is 10.6. The number of ether oxygens (including phenoxy) is 2. The summed E-state index contributed by atoms with van der Waals surface area (Å²) < 4.78 is 14.3. The molecule has 6 rings (SSSR count). The second-order valence-electron chi connectivity index (χ2n) is 8.78. The van der Waals surface area contributed by atoms with Crippen molar-refractivity contribution in [2.75, 3.05) is 14.2 Å². The molecule has 0 fully saturated rings. The molecule has 0 radical (unpaired) electrons. The fourth-order valence-corrected chi connectivity index (χ4v) is 6.39. The van der Waals surface area contributed by atoms with Crippen molar-refractivity contribution in [1.82, 2.24) is 4.57 Å². The molecule has 180 valence electrons. The number of aryl methyl sites for hydroxylation is 1. The number of nitrogens with zero attached hydrogens (tertiary/aromatic N) is 2. The molecule has 0 bridgehead atoms. The summed E-state index contributed by atoms with van der Waals surface area (Å²) >= 11 is 5.03. The van der Waals surface area contributed by atoms with Gasteiger partial charge in [0.1, 0.15) is 11.5 Å². The molecular weight excluding hydrogens is 536 g/mol. The fourth-order valence-electron chi connectivity index (χ4n) is 5.03. The summed E-state index contributed by atoms with van der Waals surface area (Å²) in [4.78, 5) is 19.7. The van der Waals surface area contributed by atoms with Gasteiger partial charge in [-0.2, -0.15) is 0 Å². The lowest BCUT2D eigenvalue weighted by atomic mass is 9.83.